The lowest BCUT2D eigenvalue weighted by atomic mass is 9.71. The van der Waals surface area contributed by atoms with Crippen LogP contribution in [0.2, 0.25) is 0 Å². The molecule has 41 heavy (non-hydrogen) atoms. The van der Waals surface area contributed by atoms with Gasteiger partial charge in [-0.3, -0.25) is 9.59 Å². The average molecular weight is 573 g/mol. The Hall–Kier alpha value is -4.07. The molecule has 3 amide bonds. The summed E-state index contributed by atoms with van der Waals surface area (Å²) in [4.78, 5) is 38.1. The molecule has 1 fully saturated rings. The highest BCUT2D eigenvalue weighted by molar-refractivity contribution is 5.94. The van der Waals surface area contributed by atoms with E-state index < -0.39 is 35.2 Å². The number of hydrogen-bond donors (Lipinski definition) is 3. The zero-order valence-corrected chi connectivity index (χ0v) is 23.3. The molecule has 3 rings (SSSR count). The van der Waals surface area contributed by atoms with Gasteiger partial charge in [0.25, 0.3) is 5.91 Å². The van der Waals surface area contributed by atoms with Crippen LogP contribution in [0.25, 0.3) is 0 Å². The van der Waals surface area contributed by atoms with Crippen LogP contribution in [-0.2, 0) is 17.5 Å². The van der Waals surface area contributed by atoms with Gasteiger partial charge >= 0.3 is 18.2 Å². The molecule has 0 heterocycles. The Morgan fingerprint density at radius 1 is 1.02 bits per heavy atom. The second-order valence-corrected chi connectivity index (χ2v) is 11.4. The van der Waals surface area contributed by atoms with Crippen LogP contribution in [0.4, 0.5) is 23.7 Å². The second-order valence-electron chi connectivity index (χ2n) is 11.4. The number of carboxylic acids is 1. The first-order chi connectivity index (χ1) is 19.2. The number of benzene rings is 2. The van der Waals surface area contributed by atoms with Crippen molar-refractivity contribution in [1.82, 2.24) is 10.2 Å². The summed E-state index contributed by atoms with van der Waals surface area (Å²) in [5.41, 5.74) is -0.347. The van der Waals surface area contributed by atoms with Gasteiger partial charge in [0, 0.05) is 30.4 Å². The third kappa shape index (κ3) is 8.71. The minimum absolute atomic E-state index is 0.00142. The lowest BCUT2D eigenvalue weighted by Gasteiger charge is -2.41. The second kappa shape index (κ2) is 13.1. The summed E-state index contributed by atoms with van der Waals surface area (Å²) in [6.45, 7) is 6.78. The van der Waals surface area contributed by atoms with E-state index in [1.165, 1.54) is 0 Å². The number of halogens is 3. The molecule has 0 radical (unpaired) electrons. The average Bonchev–Trinajstić information content (AvgIpc) is 2.90. The summed E-state index contributed by atoms with van der Waals surface area (Å²) >= 11 is 0. The monoisotopic (exact) mass is 572 g/mol. The van der Waals surface area contributed by atoms with Crippen LogP contribution in [0, 0.1) is 22.7 Å². The van der Waals surface area contributed by atoms with E-state index in [9.17, 15) is 32.8 Å². The van der Waals surface area contributed by atoms with Crippen molar-refractivity contribution in [2.24, 2.45) is 11.3 Å². The quantitative estimate of drug-likeness (QED) is 0.337. The van der Waals surface area contributed by atoms with Crippen LogP contribution in [0.15, 0.2) is 42.5 Å². The largest absolute Gasteiger partial charge is 0.481 e. The molecule has 1 aliphatic carbocycles. The van der Waals surface area contributed by atoms with E-state index in [-0.39, 0.29) is 36.7 Å². The molecule has 1 saturated carbocycles. The highest BCUT2D eigenvalue weighted by atomic mass is 19.4. The van der Waals surface area contributed by atoms with Crippen molar-refractivity contribution in [3.8, 4) is 6.07 Å². The Kier molecular flexibility index (Phi) is 10.0. The Balaban J connectivity index is 1.79. The van der Waals surface area contributed by atoms with Gasteiger partial charge in [-0.25, -0.2) is 4.79 Å². The number of alkyl halides is 3. The van der Waals surface area contributed by atoms with Gasteiger partial charge in [-0.05, 0) is 72.9 Å². The Morgan fingerprint density at radius 2 is 1.66 bits per heavy atom. The number of nitrogens with zero attached hydrogens (tertiary/aromatic N) is 2. The molecule has 220 valence electrons. The lowest BCUT2D eigenvalue weighted by molar-refractivity contribution is -0.138. The summed E-state index contributed by atoms with van der Waals surface area (Å²) in [6.07, 6.45) is -1.52. The van der Waals surface area contributed by atoms with E-state index in [1.807, 2.05) is 0 Å². The number of rotatable bonds is 8. The van der Waals surface area contributed by atoms with Crippen LogP contribution < -0.4 is 10.6 Å². The first kappa shape index (κ1) is 31.5. The van der Waals surface area contributed by atoms with Gasteiger partial charge < -0.3 is 20.6 Å². The maximum atomic E-state index is 13.5. The molecule has 0 spiro atoms. The van der Waals surface area contributed by atoms with Gasteiger partial charge in [-0.2, -0.15) is 18.4 Å². The Morgan fingerprint density at radius 3 is 2.20 bits per heavy atom. The summed E-state index contributed by atoms with van der Waals surface area (Å²) in [5.74, 6) is -0.935. The van der Waals surface area contributed by atoms with Crippen LogP contribution in [0.3, 0.4) is 0 Å². The fourth-order valence-corrected chi connectivity index (χ4v) is 5.12. The number of anilines is 1. The van der Waals surface area contributed by atoms with Crippen LogP contribution in [0.1, 0.15) is 79.9 Å². The summed E-state index contributed by atoms with van der Waals surface area (Å²) in [5, 5.41) is 23.2. The number of urea groups is 1. The van der Waals surface area contributed by atoms with E-state index in [4.69, 9.17) is 5.11 Å². The van der Waals surface area contributed by atoms with Crippen LogP contribution in [-0.4, -0.2) is 40.5 Å². The topological polar surface area (TPSA) is 123 Å². The van der Waals surface area contributed by atoms with Crippen molar-refractivity contribution in [3.05, 3.63) is 64.7 Å². The molecule has 1 aliphatic rings. The fraction of sp³-hybridized carbons (Fsp3) is 0.467. The SMILES string of the molecule is CC(C)(C)C1CCC(N(Cc2ccc(C(=O)NCCC(=O)O)cc2)C(=O)Nc2ccc(C(F)(F)F)c(C#N)c2)CC1. The van der Waals surface area contributed by atoms with E-state index in [2.05, 4.69) is 31.4 Å². The van der Waals surface area contributed by atoms with Gasteiger partial charge in [0.2, 0.25) is 0 Å². The van der Waals surface area contributed by atoms with Gasteiger partial charge in [-0.15, -0.1) is 0 Å². The van der Waals surface area contributed by atoms with E-state index in [1.54, 1.807) is 35.2 Å². The van der Waals surface area contributed by atoms with Gasteiger partial charge in [0.1, 0.15) is 0 Å². The highest BCUT2D eigenvalue weighted by Crippen LogP contribution is 2.39. The molecule has 0 unspecified atom stereocenters. The standard InChI is InChI=1S/C30H35F3N4O4/c1-29(2,3)22-8-11-24(12-9-22)37(18-19-4-6-20(7-5-19)27(40)35-15-14-26(38)39)28(41)36-23-10-13-25(30(31,32)33)21(16-23)17-34/h4-7,10,13,16,22,24H,8-9,11-12,14-15,18H2,1-3H3,(H,35,40)(H,36,41)(H,38,39). The summed E-state index contributed by atoms with van der Waals surface area (Å²) in [6, 6.07) is 10.5. The zero-order chi connectivity index (χ0) is 30.4. The molecule has 0 saturated heterocycles. The van der Waals surface area contributed by atoms with Crippen molar-refractivity contribution in [2.75, 3.05) is 11.9 Å². The van der Waals surface area contributed by atoms with Gasteiger partial charge in [0.05, 0.1) is 23.6 Å². The smallest absolute Gasteiger partial charge is 0.417 e. The molecule has 11 heteroatoms. The molecule has 0 atom stereocenters. The molecular formula is C30H35F3N4O4. The summed E-state index contributed by atoms with van der Waals surface area (Å²) < 4.78 is 39.7. The minimum atomic E-state index is -4.69. The number of nitriles is 1. The number of carboxylic acid groups (broad SMARTS) is 1. The molecule has 3 N–H and O–H groups in total. The zero-order valence-electron chi connectivity index (χ0n) is 23.3. The third-order valence-corrected chi connectivity index (χ3v) is 7.51. The molecule has 0 aromatic heterocycles. The number of hydrogen-bond acceptors (Lipinski definition) is 4. The molecule has 2 aromatic rings. The number of aliphatic carboxylic acids is 1. The van der Waals surface area contributed by atoms with Crippen molar-refractivity contribution in [2.45, 2.75) is 71.6 Å². The van der Waals surface area contributed by atoms with Crippen molar-refractivity contribution < 1.29 is 32.7 Å². The predicted molar refractivity (Wildman–Crippen MR) is 147 cm³/mol. The van der Waals surface area contributed by atoms with Crippen LogP contribution in [0.5, 0.6) is 0 Å². The van der Waals surface area contributed by atoms with E-state index in [0.717, 1.165) is 49.4 Å². The third-order valence-electron chi connectivity index (χ3n) is 7.51. The van der Waals surface area contributed by atoms with Crippen molar-refractivity contribution in [1.29, 1.82) is 5.26 Å². The van der Waals surface area contributed by atoms with Gasteiger partial charge in [0.15, 0.2) is 0 Å². The molecular weight excluding hydrogens is 537 g/mol. The lowest BCUT2D eigenvalue weighted by Crippen LogP contribution is -2.45. The minimum Gasteiger partial charge on any atom is -0.481 e. The predicted octanol–water partition coefficient (Wildman–Crippen LogP) is 6.42. The van der Waals surface area contributed by atoms with E-state index >= 15 is 0 Å². The fourth-order valence-electron chi connectivity index (χ4n) is 5.12. The first-order valence-electron chi connectivity index (χ1n) is 13.5. The van der Waals surface area contributed by atoms with Crippen molar-refractivity contribution >= 4 is 23.6 Å². The number of nitrogens with one attached hydrogen (secondary N) is 2. The number of carbonyl (C=O) groups excluding carboxylic acids is 2. The van der Waals surface area contributed by atoms with Crippen LogP contribution >= 0.6 is 0 Å². The highest BCUT2D eigenvalue weighted by Gasteiger charge is 2.35. The summed E-state index contributed by atoms with van der Waals surface area (Å²) in [7, 11) is 0. The molecule has 0 bridgehead atoms. The van der Waals surface area contributed by atoms with Crippen molar-refractivity contribution in [3.63, 3.8) is 0 Å². The van der Waals surface area contributed by atoms with Gasteiger partial charge in [-0.1, -0.05) is 32.9 Å². The molecule has 0 aliphatic heterocycles. The maximum Gasteiger partial charge on any atom is 0.417 e. The van der Waals surface area contributed by atoms with E-state index in [0.29, 0.717) is 11.5 Å². The Bertz CT molecular complexity index is 1290. The normalized spacial score (nSPS) is 17.3. The molecule has 8 nitrogen and oxygen atoms in total. The Labute approximate surface area is 237 Å². The first-order valence-corrected chi connectivity index (χ1v) is 13.5. The number of amides is 3. The number of carbonyl (C=O) groups is 3. The maximum absolute atomic E-state index is 13.5. The molecule has 2 aromatic carbocycles.